The van der Waals surface area contributed by atoms with Gasteiger partial charge in [0.15, 0.2) is 0 Å². The molecule has 20 heavy (non-hydrogen) atoms. The SMILES string of the molecule is CC(C)CCCNC(=O)CCc1c[nH]c2ccccc12. The third-order valence-corrected chi connectivity index (χ3v) is 3.58. The van der Waals surface area contributed by atoms with Crippen LogP contribution in [0.1, 0.15) is 38.7 Å². The van der Waals surface area contributed by atoms with Crippen LogP contribution in [0.5, 0.6) is 0 Å². The minimum atomic E-state index is 0.152. The van der Waals surface area contributed by atoms with E-state index in [4.69, 9.17) is 0 Å². The van der Waals surface area contributed by atoms with Crippen LogP contribution in [0.3, 0.4) is 0 Å². The van der Waals surface area contributed by atoms with Crippen LogP contribution in [-0.4, -0.2) is 17.4 Å². The Labute approximate surface area is 120 Å². The topological polar surface area (TPSA) is 44.9 Å². The fourth-order valence-electron chi connectivity index (χ4n) is 2.41. The molecule has 0 spiro atoms. The molecule has 1 aromatic heterocycles. The summed E-state index contributed by atoms with van der Waals surface area (Å²) in [7, 11) is 0. The third-order valence-electron chi connectivity index (χ3n) is 3.58. The first-order valence-electron chi connectivity index (χ1n) is 7.48. The number of hydrogen-bond donors (Lipinski definition) is 2. The Kier molecular flexibility index (Phi) is 5.22. The second-order valence-electron chi connectivity index (χ2n) is 5.75. The molecule has 0 bridgehead atoms. The maximum Gasteiger partial charge on any atom is 0.220 e. The first-order chi connectivity index (χ1) is 9.66. The Hall–Kier alpha value is -1.77. The number of H-pyrrole nitrogens is 1. The van der Waals surface area contributed by atoms with E-state index in [0.717, 1.165) is 24.9 Å². The monoisotopic (exact) mass is 272 g/mol. The number of amides is 1. The molecular formula is C17H24N2O. The molecule has 2 aromatic rings. The lowest BCUT2D eigenvalue weighted by molar-refractivity contribution is -0.121. The molecule has 0 aliphatic heterocycles. The van der Waals surface area contributed by atoms with Gasteiger partial charge in [0.05, 0.1) is 0 Å². The quantitative estimate of drug-likeness (QED) is 0.742. The van der Waals surface area contributed by atoms with Crippen molar-refractivity contribution in [2.75, 3.05) is 6.54 Å². The fraction of sp³-hybridized carbons (Fsp3) is 0.471. The molecule has 108 valence electrons. The van der Waals surface area contributed by atoms with Crippen molar-refractivity contribution in [2.24, 2.45) is 5.92 Å². The second kappa shape index (κ2) is 7.13. The Bertz CT molecular complexity index is 557. The molecule has 0 aliphatic carbocycles. The molecule has 0 saturated heterocycles. The van der Waals surface area contributed by atoms with E-state index in [0.29, 0.717) is 12.3 Å². The van der Waals surface area contributed by atoms with E-state index in [1.54, 1.807) is 0 Å². The number of para-hydroxylation sites is 1. The van der Waals surface area contributed by atoms with Gasteiger partial charge in [-0.2, -0.15) is 0 Å². The number of fused-ring (bicyclic) bond motifs is 1. The van der Waals surface area contributed by atoms with Gasteiger partial charge in [0.2, 0.25) is 5.91 Å². The molecule has 0 saturated carbocycles. The summed E-state index contributed by atoms with van der Waals surface area (Å²) in [5.74, 6) is 0.858. The Morgan fingerprint density at radius 1 is 1.30 bits per heavy atom. The molecule has 1 amide bonds. The molecule has 0 atom stereocenters. The maximum atomic E-state index is 11.8. The van der Waals surface area contributed by atoms with Crippen molar-refractivity contribution in [3.8, 4) is 0 Å². The lowest BCUT2D eigenvalue weighted by Gasteiger charge is -2.06. The summed E-state index contributed by atoms with van der Waals surface area (Å²) in [6, 6.07) is 8.21. The summed E-state index contributed by atoms with van der Waals surface area (Å²) >= 11 is 0. The first-order valence-corrected chi connectivity index (χ1v) is 7.48. The molecule has 0 radical (unpaired) electrons. The lowest BCUT2D eigenvalue weighted by atomic mass is 10.1. The molecule has 0 unspecified atom stereocenters. The largest absolute Gasteiger partial charge is 0.361 e. The van der Waals surface area contributed by atoms with Crippen molar-refractivity contribution < 1.29 is 4.79 Å². The zero-order valence-corrected chi connectivity index (χ0v) is 12.4. The van der Waals surface area contributed by atoms with Crippen LogP contribution < -0.4 is 5.32 Å². The predicted octanol–water partition coefficient (Wildman–Crippen LogP) is 3.65. The molecular weight excluding hydrogens is 248 g/mol. The van der Waals surface area contributed by atoms with Gasteiger partial charge in [-0.1, -0.05) is 32.0 Å². The minimum Gasteiger partial charge on any atom is -0.361 e. The van der Waals surface area contributed by atoms with Crippen LogP contribution in [0.25, 0.3) is 10.9 Å². The van der Waals surface area contributed by atoms with Crippen molar-refractivity contribution >= 4 is 16.8 Å². The van der Waals surface area contributed by atoms with Crippen molar-refractivity contribution in [3.63, 3.8) is 0 Å². The van der Waals surface area contributed by atoms with Crippen LogP contribution >= 0.6 is 0 Å². The Morgan fingerprint density at radius 3 is 2.90 bits per heavy atom. The number of aromatic nitrogens is 1. The molecule has 2 N–H and O–H groups in total. The number of nitrogens with one attached hydrogen (secondary N) is 2. The minimum absolute atomic E-state index is 0.152. The highest BCUT2D eigenvalue weighted by molar-refractivity contribution is 5.84. The van der Waals surface area contributed by atoms with Gasteiger partial charge in [-0.15, -0.1) is 0 Å². The van der Waals surface area contributed by atoms with Gasteiger partial charge >= 0.3 is 0 Å². The standard InChI is InChI=1S/C17H24N2O/c1-13(2)6-5-11-18-17(20)10-9-14-12-19-16-8-4-3-7-15(14)16/h3-4,7-8,12-13,19H,5-6,9-11H2,1-2H3,(H,18,20). The highest BCUT2D eigenvalue weighted by Crippen LogP contribution is 2.18. The van der Waals surface area contributed by atoms with E-state index in [1.807, 2.05) is 18.3 Å². The number of rotatable bonds is 7. The van der Waals surface area contributed by atoms with Crippen molar-refractivity contribution in [2.45, 2.75) is 39.5 Å². The van der Waals surface area contributed by atoms with E-state index in [2.05, 4.69) is 36.3 Å². The number of aromatic amines is 1. The van der Waals surface area contributed by atoms with Gasteiger partial charge in [0.25, 0.3) is 0 Å². The van der Waals surface area contributed by atoms with E-state index in [-0.39, 0.29) is 5.91 Å². The molecule has 3 nitrogen and oxygen atoms in total. The highest BCUT2D eigenvalue weighted by atomic mass is 16.1. The molecule has 0 aliphatic rings. The van der Waals surface area contributed by atoms with Gasteiger partial charge in [0.1, 0.15) is 0 Å². The summed E-state index contributed by atoms with van der Waals surface area (Å²) in [6.45, 7) is 5.21. The number of benzene rings is 1. The summed E-state index contributed by atoms with van der Waals surface area (Å²) in [4.78, 5) is 15.0. The smallest absolute Gasteiger partial charge is 0.220 e. The first kappa shape index (κ1) is 14.6. The summed E-state index contributed by atoms with van der Waals surface area (Å²) in [5.41, 5.74) is 2.36. The molecule has 2 rings (SSSR count). The normalized spacial score (nSPS) is 11.2. The van der Waals surface area contributed by atoms with Crippen LogP contribution in [-0.2, 0) is 11.2 Å². The Balaban J connectivity index is 1.76. The van der Waals surface area contributed by atoms with Crippen LogP contribution in [0, 0.1) is 5.92 Å². The van der Waals surface area contributed by atoms with Gasteiger partial charge in [-0.3, -0.25) is 4.79 Å². The van der Waals surface area contributed by atoms with E-state index in [1.165, 1.54) is 17.4 Å². The van der Waals surface area contributed by atoms with E-state index < -0.39 is 0 Å². The van der Waals surface area contributed by atoms with Crippen molar-refractivity contribution in [1.29, 1.82) is 0 Å². The van der Waals surface area contributed by atoms with Gasteiger partial charge < -0.3 is 10.3 Å². The Morgan fingerprint density at radius 2 is 2.10 bits per heavy atom. The summed E-state index contributed by atoms with van der Waals surface area (Å²) in [5, 5.41) is 4.22. The molecule has 1 aromatic carbocycles. The van der Waals surface area contributed by atoms with Crippen LogP contribution in [0.2, 0.25) is 0 Å². The highest BCUT2D eigenvalue weighted by Gasteiger charge is 2.06. The van der Waals surface area contributed by atoms with Crippen molar-refractivity contribution in [1.82, 2.24) is 10.3 Å². The van der Waals surface area contributed by atoms with Crippen molar-refractivity contribution in [3.05, 3.63) is 36.0 Å². The van der Waals surface area contributed by atoms with Gasteiger partial charge in [-0.05, 0) is 36.8 Å². The van der Waals surface area contributed by atoms with Crippen LogP contribution in [0.15, 0.2) is 30.5 Å². The zero-order chi connectivity index (χ0) is 14.4. The average molecular weight is 272 g/mol. The molecule has 3 heteroatoms. The number of carbonyl (C=O) groups is 1. The van der Waals surface area contributed by atoms with Gasteiger partial charge in [-0.25, -0.2) is 0 Å². The number of hydrogen-bond acceptors (Lipinski definition) is 1. The zero-order valence-electron chi connectivity index (χ0n) is 12.4. The maximum absolute atomic E-state index is 11.8. The number of carbonyl (C=O) groups excluding carboxylic acids is 1. The van der Waals surface area contributed by atoms with Crippen LogP contribution in [0.4, 0.5) is 0 Å². The fourth-order valence-corrected chi connectivity index (χ4v) is 2.41. The van der Waals surface area contributed by atoms with E-state index >= 15 is 0 Å². The van der Waals surface area contributed by atoms with Gasteiger partial charge in [0, 0.05) is 30.1 Å². The number of aryl methyl sites for hydroxylation is 1. The second-order valence-corrected chi connectivity index (χ2v) is 5.75. The summed E-state index contributed by atoms with van der Waals surface area (Å²) in [6.07, 6.45) is 5.60. The van der Waals surface area contributed by atoms with E-state index in [9.17, 15) is 4.79 Å². The lowest BCUT2D eigenvalue weighted by Crippen LogP contribution is -2.24. The summed E-state index contributed by atoms with van der Waals surface area (Å²) < 4.78 is 0. The third kappa shape index (κ3) is 4.12. The average Bonchev–Trinajstić information content (AvgIpc) is 2.84. The molecule has 0 fully saturated rings. The molecule has 1 heterocycles. The predicted molar refractivity (Wildman–Crippen MR) is 83.7 cm³/mol.